The maximum Gasteiger partial charge on any atom is 0.320 e. The molecular weight excluding hydrogens is 397 g/mol. The van der Waals surface area contributed by atoms with Gasteiger partial charge in [-0.2, -0.15) is 8.78 Å². The zero-order chi connectivity index (χ0) is 17.4. The molecule has 0 saturated carbocycles. The van der Waals surface area contributed by atoms with Crippen LogP contribution in [0.15, 0.2) is 36.7 Å². The van der Waals surface area contributed by atoms with Gasteiger partial charge in [0, 0.05) is 39.1 Å². The molecule has 1 saturated heterocycles. The molecule has 10 heteroatoms. The maximum absolute atomic E-state index is 13.7. The van der Waals surface area contributed by atoms with E-state index in [-0.39, 0.29) is 30.9 Å². The van der Waals surface area contributed by atoms with E-state index in [4.69, 9.17) is 0 Å². The molecular formula is C17H22Cl2F2N6. The standard InChI is InChI=1S/C17H20F2N6.2ClH/c1-23-8-7-21-16(23)14-10-20-6-9-24(14)11-15-22-12-4-2-3-5-13(12)25(15)17(18)19;;/h2-5,7-8,14,17,20H,6,9-11H2,1H3;2*1H. The smallest absolute Gasteiger partial charge is 0.320 e. The molecule has 6 nitrogen and oxygen atoms in total. The normalized spacial score (nSPS) is 17.7. The van der Waals surface area contributed by atoms with Crippen LogP contribution in [0.4, 0.5) is 8.78 Å². The summed E-state index contributed by atoms with van der Waals surface area (Å²) >= 11 is 0. The Labute approximate surface area is 168 Å². The first-order chi connectivity index (χ1) is 12.1. The molecule has 1 aliphatic rings. The van der Waals surface area contributed by atoms with Crippen molar-refractivity contribution in [1.29, 1.82) is 0 Å². The van der Waals surface area contributed by atoms with Gasteiger partial charge >= 0.3 is 6.55 Å². The number of halogens is 4. The molecule has 1 atom stereocenters. The average Bonchev–Trinajstić information content (AvgIpc) is 3.18. The zero-order valence-electron chi connectivity index (χ0n) is 14.8. The van der Waals surface area contributed by atoms with E-state index in [2.05, 4.69) is 20.2 Å². The lowest BCUT2D eigenvalue weighted by molar-refractivity contribution is 0.0641. The van der Waals surface area contributed by atoms with Gasteiger partial charge in [-0.15, -0.1) is 24.8 Å². The Kier molecular flexibility index (Phi) is 7.16. The number of rotatable bonds is 4. The second kappa shape index (κ2) is 8.97. The minimum absolute atomic E-state index is 0. The quantitative estimate of drug-likeness (QED) is 0.706. The van der Waals surface area contributed by atoms with E-state index in [9.17, 15) is 8.78 Å². The van der Waals surface area contributed by atoms with Gasteiger partial charge in [-0.3, -0.25) is 9.47 Å². The summed E-state index contributed by atoms with van der Waals surface area (Å²) in [5.41, 5.74) is 1.07. The van der Waals surface area contributed by atoms with E-state index in [0.717, 1.165) is 30.0 Å². The molecule has 3 aromatic rings. The number of hydrogen-bond acceptors (Lipinski definition) is 4. The molecule has 0 radical (unpaired) electrons. The predicted molar refractivity (Wildman–Crippen MR) is 105 cm³/mol. The number of aryl methyl sites for hydroxylation is 1. The molecule has 148 valence electrons. The van der Waals surface area contributed by atoms with E-state index in [0.29, 0.717) is 23.4 Å². The fourth-order valence-corrected chi connectivity index (χ4v) is 3.49. The van der Waals surface area contributed by atoms with Crippen molar-refractivity contribution in [2.45, 2.75) is 19.1 Å². The van der Waals surface area contributed by atoms with E-state index in [1.807, 2.05) is 23.9 Å². The van der Waals surface area contributed by atoms with Gasteiger partial charge in [-0.1, -0.05) is 12.1 Å². The molecule has 1 aliphatic heterocycles. The number of benzene rings is 1. The summed E-state index contributed by atoms with van der Waals surface area (Å²) in [4.78, 5) is 11.1. The molecule has 27 heavy (non-hydrogen) atoms. The van der Waals surface area contributed by atoms with Crippen LogP contribution in [0.25, 0.3) is 11.0 Å². The monoisotopic (exact) mass is 418 g/mol. The lowest BCUT2D eigenvalue weighted by atomic mass is 10.1. The molecule has 0 aliphatic carbocycles. The third kappa shape index (κ3) is 4.08. The van der Waals surface area contributed by atoms with Crippen molar-refractivity contribution in [3.63, 3.8) is 0 Å². The Hall–Kier alpha value is -1.74. The fraction of sp³-hybridized carbons (Fsp3) is 0.412. The van der Waals surface area contributed by atoms with Crippen LogP contribution in [0.3, 0.4) is 0 Å². The van der Waals surface area contributed by atoms with Crippen LogP contribution >= 0.6 is 24.8 Å². The Balaban J connectivity index is 0.00000131. The van der Waals surface area contributed by atoms with Gasteiger partial charge in [0.25, 0.3) is 0 Å². The predicted octanol–water partition coefficient (Wildman–Crippen LogP) is 3.16. The number of para-hydroxylation sites is 2. The summed E-state index contributed by atoms with van der Waals surface area (Å²) < 4.78 is 30.3. The highest BCUT2D eigenvalue weighted by Gasteiger charge is 2.29. The van der Waals surface area contributed by atoms with Crippen LogP contribution in [0, 0.1) is 0 Å². The zero-order valence-corrected chi connectivity index (χ0v) is 16.4. The van der Waals surface area contributed by atoms with Crippen LogP contribution in [0.2, 0.25) is 0 Å². The van der Waals surface area contributed by atoms with Crippen molar-refractivity contribution in [2.75, 3.05) is 19.6 Å². The number of nitrogens with one attached hydrogen (secondary N) is 1. The lowest BCUT2D eigenvalue weighted by Gasteiger charge is -2.35. The summed E-state index contributed by atoms with van der Waals surface area (Å²) in [6.45, 7) is 0.0505. The van der Waals surface area contributed by atoms with Crippen molar-refractivity contribution >= 4 is 35.8 Å². The number of fused-ring (bicyclic) bond motifs is 1. The molecule has 0 amide bonds. The van der Waals surface area contributed by atoms with Crippen molar-refractivity contribution in [1.82, 2.24) is 29.3 Å². The fourth-order valence-electron chi connectivity index (χ4n) is 3.49. The van der Waals surface area contributed by atoms with Crippen molar-refractivity contribution in [3.8, 4) is 0 Å². The van der Waals surface area contributed by atoms with Crippen molar-refractivity contribution < 1.29 is 8.78 Å². The minimum Gasteiger partial charge on any atom is -0.337 e. The largest absolute Gasteiger partial charge is 0.337 e. The molecule has 1 aromatic carbocycles. The summed E-state index contributed by atoms with van der Waals surface area (Å²) in [5, 5.41) is 3.36. The van der Waals surface area contributed by atoms with E-state index < -0.39 is 6.55 Å². The maximum atomic E-state index is 13.7. The number of hydrogen-bond donors (Lipinski definition) is 1. The SMILES string of the molecule is Cl.Cl.Cn1ccnc1C1CNCCN1Cc1nc2ccccc2n1C(F)F. The minimum atomic E-state index is -2.61. The van der Waals surface area contributed by atoms with E-state index in [1.165, 1.54) is 0 Å². The van der Waals surface area contributed by atoms with Crippen LogP contribution in [-0.4, -0.2) is 43.6 Å². The molecule has 0 bridgehead atoms. The van der Waals surface area contributed by atoms with Gasteiger partial charge in [0.1, 0.15) is 11.6 Å². The van der Waals surface area contributed by atoms with Gasteiger partial charge in [0.2, 0.25) is 0 Å². The molecule has 1 N–H and O–H groups in total. The van der Waals surface area contributed by atoms with Gasteiger partial charge in [0.05, 0.1) is 23.6 Å². The Bertz CT molecular complexity index is 881. The van der Waals surface area contributed by atoms with Gasteiger partial charge in [0.15, 0.2) is 0 Å². The molecule has 2 aromatic heterocycles. The van der Waals surface area contributed by atoms with Crippen LogP contribution in [0.1, 0.15) is 24.2 Å². The average molecular weight is 419 g/mol. The molecule has 1 fully saturated rings. The van der Waals surface area contributed by atoms with Crippen LogP contribution in [0.5, 0.6) is 0 Å². The molecule has 3 heterocycles. The Morgan fingerprint density at radius 3 is 2.74 bits per heavy atom. The highest BCUT2D eigenvalue weighted by atomic mass is 35.5. The van der Waals surface area contributed by atoms with Crippen molar-refractivity contribution in [2.24, 2.45) is 7.05 Å². The van der Waals surface area contributed by atoms with Crippen LogP contribution < -0.4 is 5.32 Å². The number of aromatic nitrogens is 4. The lowest BCUT2D eigenvalue weighted by Crippen LogP contribution is -2.46. The molecule has 0 spiro atoms. The van der Waals surface area contributed by atoms with E-state index >= 15 is 0 Å². The second-order valence-electron chi connectivity index (χ2n) is 6.25. The second-order valence-corrected chi connectivity index (χ2v) is 6.25. The van der Waals surface area contributed by atoms with E-state index in [1.54, 1.807) is 24.4 Å². The number of alkyl halides is 2. The summed E-state index contributed by atoms with van der Waals surface area (Å²) in [5.74, 6) is 1.31. The third-order valence-corrected chi connectivity index (χ3v) is 4.72. The van der Waals surface area contributed by atoms with Gasteiger partial charge in [-0.25, -0.2) is 9.97 Å². The highest BCUT2D eigenvalue weighted by Crippen LogP contribution is 2.27. The first-order valence-electron chi connectivity index (χ1n) is 8.31. The van der Waals surface area contributed by atoms with Crippen LogP contribution in [-0.2, 0) is 13.6 Å². The first-order valence-corrected chi connectivity index (χ1v) is 8.31. The summed E-state index contributed by atoms with van der Waals surface area (Å²) in [7, 11) is 1.95. The Morgan fingerprint density at radius 2 is 2.04 bits per heavy atom. The molecule has 1 unspecified atom stereocenters. The Morgan fingerprint density at radius 1 is 1.26 bits per heavy atom. The number of imidazole rings is 2. The first kappa shape index (κ1) is 21.6. The van der Waals surface area contributed by atoms with Crippen molar-refractivity contribution in [3.05, 3.63) is 48.3 Å². The molecule has 4 rings (SSSR count). The summed E-state index contributed by atoms with van der Waals surface area (Å²) in [6.07, 6.45) is 3.66. The topological polar surface area (TPSA) is 50.9 Å². The van der Waals surface area contributed by atoms with Gasteiger partial charge < -0.3 is 9.88 Å². The van der Waals surface area contributed by atoms with Gasteiger partial charge in [-0.05, 0) is 12.1 Å². The highest BCUT2D eigenvalue weighted by molar-refractivity contribution is 5.85. The number of piperazine rings is 1. The number of nitrogens with zero attached hydrogens (tertiary/aromatic N) is 5. The summed E-state index contributed by atoms with van der Waals surface area (Å²) in [6, 6.07) is 7.06. The third-order valence-electron chi connectivity index (χ3n) is 4.72.